The highest BCUT2D eigenvalue weighted by Gasteiger charge is 2.38. The minimum Gasteiger partial charge on any atom is -0.350 e. The average Bonchev–Trinajstić information content (AvgIpc) is 3.43. The van der Waals surface area contributed by atoms with Gasteiger partial charge >= 0.3 is 0 Å². The minimum absolute atomic E-state index is 0.134. The van der Waals surface area contributed by atoms with E-state index in [4.69, 9.17) is 11.6 Å². The smallest absolute Gasteiger partial charge is 0.254 e. The zero-order chi connectivity index (χ0) is 21.1. The quantitative estimate of drug-likeness (QED) is 0.654. The van der Waals surface area contributed by atoms with Crippen LogP contribution in [0.5, 0.6) is 0 Å². The number of nitrogens with one attached hydrogen (secondary N) is 2. The van der Waals surface area contributed by atoms with E-state index in [1.54, 1.807) is 35.5 Å². The van der Waals surface area contributed by atoms with Crippen molar-refractivity contribution in [3.05, 3.63) is 77.1 Å². The van der Waals surface area contributed by atoms with Crippen LogP contribution < -0.4 is 5.32 Å². The molecule has 2 amide bonds. The maximum atomic E-state index is 13.2. The number of aromatic nitrogens is 2. The first-order valence-electron chi connectivity index (χ1n) is 9.94. The van der Waals surface area contributed by atoms with Crippen LogP contribution in [0.25, 0.3) is 11.4 Å². The summed E-state index contributed by atoms with van der Waals surface area (Å²) in [6.07, 6.45) is 4.07. The van der Waals surface area contributed by atoms with E-state index in [1.165, 1.54) is 0 Å². The van der Waals surface area contributed by atoms with Crippen molar-refractivity contribution >= 4 is 23.4 Å². The monoisotopic (exact) mass is 422 g/mol. The van der Waals surface area contributed by atoms with E-state index < -0.39 is 6.04 Å². The molecule has 30 heavy (non-hydrogen) atoms. The fourth-order valence-corrected chi connectivity index (χ4v) is 3.94. The summed E-state index contributed by atoms with van der Waals surface area (Å²) in [6, 6.07) is 14.2. The Morgan fingerprint density at radius 3 is 2.77 bits per heavy atom. The Kier molecular flexibility index (Phi) is 5.86. The Labute approximate surface area is 180 Å². The molecule has 0 aliphatic carbocycles. The van der Waals surface area contributed by atoms with Gasteiger partial charge in [0.25, 0.3) is 5.91 Å². The highest BCUT2D eigenvalue weighted by molar-refractivity contribution is 6.30. The number of H-pyrrole nitrogens is 1. The number of carbonyl (C=O) groups excluding carboxylic acids is 2. The molecule has 0 radical (unpaired) electrons. The molecule has 7 heteroatoms. The largest absolute Gasteiger partial charge is 0.350 e. The van der Waals surface area contributed by atoms with Crippen molar-refractivity contribution in [2.24, 2.45) is 5.92 Å². The van der Waals surface area contributed by atoms with Crippen molar-refractivity contribution in [1.82, 2.24) is 20.2 Å². The highest BCUT2D eigenvalue weighted by Crippen LogP contribution is 2.26. The van der Waals surface area contributed by atoms with E-state index in [2.05, 4.69) is 22.2 Å². The second kappa shape index (κ2) is 8.71. The average molecular weight is 423 g/mol. The van der Waals surface area contributed by atoms with Gasteiger partial charge in [-0.3, -0.25) is 9.59 Å². The fraction of sp³-hybridized carbons (Fsp3) is 0.261. The number of likely N-dealkylation sites (tertiary alicyclic amines) is 1. The van der Waals surface area contributed by atoms with E-state index in [0.29, 0.717) is 35.9 Å². The van der Waals surface area contributed by atoms with Crippen molar-refractivity contribution in [1.29, 1.82) is 0 Å². The van der Waals surface area contributed by atoms with Gasteiger partial charge in [0.2, 0.25) is 5.91 Å². The number of hydrogen-bond acceptors (Lipinski definition) is 3. The zero-order valence-electron chi connectivity index (χ0n) is 16.6. The topological polar surface area (TPSA) is 78.1 Å². The second-order valence-electron chi connectivity index (χ2n) is 7.68. The van der Waals surface area contributed by atoms with Crippen LogP contribution in [0.3, 0.4) is 0 Å². The summed E-state index contributed by atoms with van der Waals surface area (Å²) < 4.78 is 0. The van der Waals surface area contributed by atoms with Gasteiger partial charge in [-0.25, -0.2) is 4.98 Å². The van der Waals surface area contributed by atoms with Gasteiger partial charge in [0.05, 0.1) is 0 Å². The second-order valence-corrected chi connectivity index (χ2v) is 8.11. The molecule has 154 valence electrons. The molecule has 3 aromatic rings. The summed E-state index contributed by atoms with van der Waals surface area (Å²) in [5.41, 5.74) is 2.35. The molecule has 0 bridgehead atoms. The number of amides is 2. The van der Waals surface area contributed by atoms with Crippen LogP contribution in [0.15, 0.2) is 60.9 Å². The van der Waals surface area contributed by atoms with Crippen molar-refractivity contribution in [2.75, 3.05) is 6.54 Å². The minimum atomic E-state index is -0.480. The zero-order valence-corrected chi connectivity index (χ0v) is 17.4. The number of aromatic amines is 1. The highest BCUT2D eigenvalue weighted by atomic mass is 35.5. The molecule has 1 fully saturated rings. The Morgan fingerprint density at radius 1 is 1.23 bits per heavy atom. The summed E-state index contributed by atoms with van der Waals surface area (Å²) in [5, 5.41) is 3.62. The molecule has 4 rings (SSSR count). The predicted octanol–water partition coefficient (Wildman–Crippen LogP) is 3.90. The predicted molar refractivity (Wildman–Crippen MR) is 116 cm³/mol. The van der Waals surface area contributed by atoms with Crippen molar-refractivity contribution in [2.45, 2.75) is 25.9 Å². The molecule has 1 saturated heterocycles. The van der Waals surface area contributed by atoms with Crippen LogP contribution in [0, 0.1) is 5.92 Å². The maximum Gasteiger partial charge on any atom is 0.254 e. The number of rotatable bonds is 5. The van der Waals surface area contributed by atoms with Gasteiger partial charge in [-0.05, 0) is 42.2 Å². The lowest BCUT2D eigenvalue weighted by Gasteiger charge is -2.24. The SMILES string of the molecule is CC1CC(C(=O)NCc2ccc(Cl)cc2)N(C(=O)c2cccc(-c3ncc[nH]3)c2)C1. The van der Waals surface area contributed by atoms with Gasteiger partial charge in [0.15, 0.2) is 0 Å². The first kappa shape index (κ1) is 20.2. The van der Waals surface area contributed by atoms with E-state index in [1.807, 2.05) is 30.3 Å². The van der Waals surface area contributed by atoms with Gasteiger partial charge in [-0.2, -0.15) is 0 Å². The molecule has 1 aliphatic rings. The van der Waals surface area contributed by atoms with Gasteiger partial charge in [0, 0.05) is 41.6 Å². The first-order valence-corrected chi connectivity index (χ1v) is 10.3. The molecular formula is C23H23ClN4O2. The first-order chi connectivity index (χ1) is 14.5. The molecular weight excluding hydrogens is 400 g/mol. The molecule has 0 saturated carbocycles. The molecule has 2 atom stereocenters. The Balaban J connectivity index is 1.48. The lowest BCUT2D eigenvalue weighted by Crippen LogP contribution is -2.45. The van der Waals surface area contributed by atoms with Gasteiger partial charge in [-0.1, -0.05) is 42.8 Å². The number of halogens is 1. The van der Waals surface area contributed by atoms with Gasteiger partial charge in [0.1, 0.15) is 11.9 Å². The summed E-state index contributed by atoms with van der Waals surface area (Å²) in [7, 11) is 0. The molecule has 2 aromatic carbocycles. The molecule has 6 nitrogen and oxygen atoms in total. The van der Waals surface area contributed by atoms with Crippen LogP contribution in [0.2, 0.25) is 5.02 Å². The van der Waals surface area contributed by atoms with E-state index >= 15 is 0 Å². The lowest BCUT2D eigenvalue weighted by molar-refractivity contribution is -0.125. The van der Waals surface area contributed by atoms with Crippen LogP contribution in [-0.2, 0) is 11.3 Å². The van der Waals surface area contributed by atoms with E-state index in [0.717, 1.165) is 11.1 Å². The van der Waals surface area contributed by atoms with Gasteiger partial charge < -0.3 is 15.2 Å². The maximum absolute atomic E-state index is 13.2. The summed E-state index contributed by atoms with van der Waals surface area (Å²) in [6.45, 7) is 3.02. The molecule has 1 aromatic heterocycles. The van der Waals surface area contributed by atoms with Crippen molar-refractivity contribution in [3.8, 4) is 11.4 Å². The lowest BCUT2D eigenvalue weighted by atomic mass is 10.1. The number of benzene rings is 2. The molecule has 2 unspecified atom stereocenters. The summed E-state index contributed by atoms with van der Waals surface area (Å²) in [4.78, 5) is 35.1. The Morgan fingerprint density at radius 2 is 2.03 bits per heavy atom. The van der Waals surface area contributed by atoms with Gasteiger partial charge in [-0.15, -0.1) is 0 Å². The molecule has 0 spiro atoms. The number of carbonyl (C=O) groups is 2. The van der Waals surface area contributed by atoms with Crippen molar-refractivity contribution in [3.63, 3.8) is 0 Å². The summed E-state index contributed by atoms with van der Waals surface area (Å²) >= 11 is 5.91. The third kappa shape index (κ3) is 4.39. The molecule has 1 aliphatic heterocycles. The fourth-order valence-electron chi connectivity index (χ4n) is 3.82. The molecule has 2 heterocycles. The normalized spacial score (nSPS) is 18.4. The summed E-state index contributed by atoms with van der Waals surface area (Å²) in [5.74, 6) is 0.689. The molecule has 2 N–H and O–H groups in total. The Hall–Kier alpha value is -3.12. The van der Waals surface area contributed by atoms with Crippen LogP contribution in [0.1, 0.15) is 29.3 Å². The number of imidazole rings is 1. The standard InChI is InChI=1S/C23H23ClN4O2/c1-15-11-20(22(29)27-13-16-5-7-19(24)8-6-16)28(14-15)23(30)18-4-2-3-17(12-18)21-25-9-10-26-21/h2-10,12,15,20H,11,13-14H2,1H3,(H,25,26)(H,27,29). The van der Waals surface area contributed by atoms with Crippen LogP contribution >= 0.6 is 11.6 Å². The van der Waals surface area contributed by atoms with E-state index in [9.17, 15) is 9.59 Å². The number of hydrogen-bond donors (Lipinski definition) is 2. The van der Waals surface area contributed by atoms with E-state index in [-0.39, 0.29) is 17.7 Å². The van der Waals surface area contributed by atoms with Crippen molar-refractivity contribution < 1.29 is 9.59 Å². The third-order valence-corrected chi connectivity index (χ3v) is 5.59. The van der Waals surface area contributed by atoms with Crippen LogP contribution in [-0.4, -0.2) is 39.3 Å². The van der Waals surface area contributed by atoms with Crippen LogP contribution in [0.4, 0.5) is 0 Å². The number of nitrogens with zero attached hydrogens (tertiary/aromatic N) is 2. The Bertz CT molecular complexity index is 1030. The third-order valence-electron chi connectivity index (χ3n) is 5.33.